The van der Waals surface area contributed by atoms with Crippen molar-refractivity contribution in [1.82, 2.24) is 4.90 Å². The zero-order valence-electron chi connectivity index (χ0n) is 6.86. The molecule has 0 spiro atoms. The predicted octanol–water partition coefficient (Wildman–Crippen LogP) is 1.10. The lowest BCUT2D eigenvalue weighted by Gasteiger charge is -2.11. The predicted molar refractivity (Wildman–Crippen MR) is 58.1 cm³/mol. The molecule has 0 heterocycles. The van der Waals surface area contributed by atoms with Gasteiger partial charge in [0.25, 0.3) is 0 Å². The third-order valence-corrected chi connectivity index (χ3v) is 1.86. The number of hydrogen-bond donors (Lipinski definition) is 2. The van der Waals surface area contributed by atoms with Crippen LogP contribution < -0.4 is 5.84 Å². The van der Waals surface area contributed by atoms with Gasteiger partial charge >= 0.3 is 0 Å². The molecular weight excluding hydrogens is 196 g/mol. The monoisotopic (exact) mass is 208 g/mol. The van der Waals surface area contributed by atoms with Crippen LogP contribution in [0.5, 0.6) is 0 Å². The Kier molecular flexibility index (Phi) is 9.74. The van der Waals surface area contributed by atoms with E-state index in [1.807, 2.05) is 0 Å². The van der Waals surface area contributed by atoms with Crippen LogP contribution in [0.3, 0.4) is 0 Å². The van der Waals surface area contributed by atoms with Crippen LogP contribution in [-0.4, -0.2) is 29.2 Å². The van der Waals surface area contributed by atoms with Crippen molar-refractivity contribution in [1.29, 1.82) is 5.41 Å². The summed E-state index contributed by atoms with van der Waals surface area (Å²) < 4.78 is 0. The van der Waals surface area contributed by atoms with Gasteiger partial charge in [0.2, 0.25) is 0 Å². The number of thioether (sulfide) groups is 1. The van der Waals surface area contributed by atoms with E-state index >= 15 is 0 Å². The standard InChI is InChI=1S/C6H12N4S.ClH/c1-3-4-11-6(7)10(2)5-9-8;/h3,5,7H,1,4,8H2,2H3;1H/b7-6?,9-5-;. The Bertz CT molecular complexity index is 171. The van der Waals surface area contributed by atoms with Crippen molar-refractivity contribution in [3.8, 4) is 0 Å². The van der Waals surface area contributed by atoms with E-state index < -0.39 is 0 Å². The van der Waals surface area contributed by atoms with Crippen molar-refractivity contribution in [3.63, 3.8) is 0 Å². The van der Waals surface area contributed by atoms with E-state index in [-0.39, 0.29) is 12.4 Å². The van der Waals surface area contributed by atoms with Crippen molar-refractivity contribution >= 4 is 35.7 Å². The summed E-state index contributed by atoms with van der Waals surface area (Å²) in [6.07, 6.45) is 3.13. The van der Waals surface area contributed by atoms with Crippen LogP contribution in [0, 0.1) is 5.41 Å². The zero-order chi connectivity index (χ0) is 8.69. The van der Waals surface area contributed by atoms with Crippen LogP contribution in [0.25, 0.3) is 0 Å². The number of hydrazone groups is 1. The lowest BCUT2D eigenvalue weighted by Crippen LogP contribution is -2.22. The number of nitrogens with zero attached hydrogens (tertiary/aromatic N) is 2. The van der Waals surface area contributed by atoms with Crippen molar-refractivity contribution < 1.29 is 0 Å². The molecular formula is C6H13ClN4S. The van der Waals surface area contributed by atoms with E-state index in [0.29, 0.717) is 5.17 Å². The second-order valence-electron chi connectivity index (χ2n) is 1.78. The van der Waals surface area contributed by atoms with E-state index in [0.717, 1.165) is 5.75 Å². The number of halogens is 1. The summed E-state index contributed by atoms with van der Waals surface area (Å²) in [5.74, 6) is 5.62. The molecule has 0 saturated heterocycles. The maximum Gasteiger partial charge on any atom is 0.161 e. The molecule has 6 heteroatoms. The van der Waals surface area contributed by atoms with Crippen molar-refractivity contribution in [2.24, 2.45) is 10.9 Å². The molecule has 0 bridgehead atoms. The smallest absolute Gasteiger partial charge is 0.161 e. The number of amidine groups is 1. The molecule has 0 atom stereocenters. The lowest BCUT2D eigenvalue weighted by molar-refractivity contribution is 0.782. The molecule has 12 heavy (non-hydrogen) atoms. The van der Waals surface area contributed by atoms with Gasteiger partial charge in [0, 0.05) is 12.8 Å². The molecule has 0 aromatic carbocycles. The molecule has 70 valence electrons. The minimum Gasteiger partial charge on any atom is -0.322 e. The maximum absolute atomic E-state index is 7.40. The maximum atomic E-state index is 7.40. The van der Waals surface area contributed by atoms with Gasteiger partial charge in [-0.2, -0.15) is 5.10 Å². The van der Waals surface area contributed by atoms with Gasteiger partial charge < -0.3 is 10.7 Å². The van der Waals surface area contributed by atoms with Crippen LogP contribution in [0.2, 0.25) is 0 Å². The normalized spacial score (nSPS) is 9.08. The summed E-state index contributed by atoms with van der Waals surface area (Å²) in [5.41, 5.74) is 0. The molecule has 0 aliphatic rings. The minimum absolute atomic E-state index is 0. The van der Waals surface area contributed by atoms with Crippen LogP contribution in [0.4, 0.5) is 0 Å². The molecule has 0 saturated carbocycles. The second kappa shape index (κ2) is 8.42. The molecule has 0 aromatic heterocycles. The van der Waals surface area contributed by atoms with Crippen LogP contribution in [0.1, 0.15) is 0 Å². The summed E-state index contributed by atoms with van der Waals surface area (Å²) in [4.78, 5) is 1.54. The fraction of sp³-hybridized carbons (Fsp3) is 0.333. The number of hydrogen-bond acceptors (Lipinski definition) is 4. The van der Waals surface area contributed by atoms with Gasteiger partial charge in [-0.3, -0.25) is 5.41 Å². The molecule has 3 N–H and O–H groups in total. The van der Waals surface area contributed by atoms with Crippen molar-refractivity contribution in [2.45, 2.75) is 0 Å². The highest BCUT2D eigenvalue weighted by Gasteiger charge is 1.99. The quantitative estimate of drug-likeness (QED) is 0.240. The van der Waals surface area contributed by atoms with Gasteiger partial charge in [-0.25, -0.2) is 0 Å². The molecule has 0 rings (SSSR count). The summed E-state index contributed by atoms with van der Waals surface area (Å²) in [6, 6.07) is 0. The van der Waals surface area contributed by atoms with Crippen LogP contribution >= 0.6 is 24.2 Å². The van der Waals surface area contributed by atoms with E-state index in [1.54, 1.807) is 13.1 Å². The number of rotatable bonds is 3. The SMILES string of the molecule is C=CCSC(=N)N(C)/C=N\N.Cl. The first-order valence-electron chi connectivity index (χ1n) is 3.00. The lowest BCUT2D eigenvalue weighted by atomic mass is 10.8. The molecule has 0 aliphatic heterocycles. The summed E-state index contributed by atoms with van der Waals surface area (Å²) in [6.45, 7) is 3.54. The average Bonchev–Trinajstić information content (AvgIpc) is 2.00. The fourth-order valence-corrected chi connectivity index (χ4v) is 0.919. The highest BCUT2D eigenvalue weighted by atomic mass is 35.5. The van der Waals surface area contributed by atoms with Gasteiger partial charge in [0.05, 0.1) is 0 Å². The van der Waals surface area contributed by atoms with Crippen molar-refractivity contribution in [3.05, 3.63) is 12.7 Å². The Hall–Kier alpha value is -0.680. The first kappa shape index (κ1) is 13.9. The number of nitrogens with one attached hydrogen (secondary N) is 1. The van der Waals surface area contributed by atoms with Crippen LogP contribution in [0.15, 0.2) is 17.8 Å². The molecule has 4 nitrogen and oxygen atoms in total. The Morgan fingerprint density at radius 1 is 1.83 bits per heavy atom. The molecule has 0 radical (unpaired) electrons. The number of nitrogens with two attached hydrogens (primary N) is 1. The average molecular weight is 209 g/mol. The minimum atomic E-state index is 0. The highest BCUT2D eigenvalue weighted by Crippen LogP contribution is 2.03. The Morgan fingerprint density at radius 3 is 2.83 bits per heavy atom. The largest absolute Gasteiger partial charge is 0.322 e. The van der Waals surface area contributed by atoms with Gasteiger partial charge in [0.1, 0.15) is 6.34 Å². The summed E-state index contributed by atoms with van der Waals surface area (Å²) >= 11 is 1.37. The first-order chi connectivity index (χ1) is 5.22. The molecule has 0 aromatic rings. The second-order valence-corrected chi connectivity index (χ2v) is 2.79. The van der Waals surface area contributed by atoms with Gasteiger partial charge in [0.15, 0.2) is 5.17 Å². The Balaban J connectivity index is 0. The third-order valence-electron chi connectivity index (χ3n) is 0.898. The van der Waals surface area contributed by atoms with E-state index in [2.05, 4.69) is 11.7 Å². The van der Waals surface area contributed by atoms with Gasteiger partial charge in [-0.05, 0) is 0 Å². The molecule has 0 fully saturated rings. The Labute approximate surface area is 82.8 Å². The zero-order valence-corrected chi connectivity index (χ0v) is 8.49. The fourth-order valence-electron chi connectivity index (χ4n) is 0.392. The van der Waals surface area contributed by atoms with E-state index in [4.69, 9.17) is 11.3 Å². The first-order valence-corrected chi connectivity index (χ1v) is 3.99. The van der Waals surface area contributed by atoms with Crippen molar-refractivity contribution in [2.75, 3.05) is 12.8 Å². The van der Waals surface area contributed by atoms with Crippen LogP contribution in [-0.2, 0) is 0 Å². The molecule has 0 amide bonds. The van der Waals surface area contributed by atoms with Gasteiger partial charge in [-0.1, -0.05) is 17.8 Å². The summed E-state index contributed by atoms with van der Waals surface area (Å²) in [5, 5.41) is 11.1. The Morgan fingerprint density at radius 2 is 2.42 bits per heavy atom. The topological polar surface area (TPSA) is 65.5 Å². The van der Waals surface area contributed by atoms with E-state index in [1.165, 1.54) is 23.0 Å². The van der Waals surface area contributed by atoms with Gasteiger partial charge in [-0.15, -0.1) is 19.0 Å². The third kappa shape index (κ3) is 6.06. The highest BCUT2D eigenvalue weighted by molar-refractivity contribution is 8.13. The summed E-state index contributed by atoms with van der Waals surface area (Å²) in [7, 11) is 1.72. The van der Waals surface area contributed by atoms with E-state index in [9.17, 15) is 0 Å². The molecule has 0 unspecified atom stereocenters. The molecule has 0 aliphatic carbocycles.